The van der Waals surface area contributed by atoms with Crippen molar-refractivity contribution in [2.45, 2.75) is 10.5 Å². The van der Waals surface area contributed by atoms with Crippen molar-refractivity contribution in [3.05, 3.63) is 0 Å². The van der Waals surface area contributed by atoms with Crippen molar-refractivity contribution >= 4 is 29.9 Å². The van der Waals surface area contributed by atoms with Crippen molar-refractivity contribution in [1.82, 2.24) is 0 Å². The number of rotatable bonds is 3. The van der Waals surface area contributed by atoms with Crippen LogP contribution >= 0.6 is 10.7 Å². The molecular weight excluding hydrogens is 319 g/mol. The van der Waals surface area contributed by atoms with E-state index in [0.29, 0.717) is 0 Å². The molecule has 13 heteroatoms. The molecule has 0 fully saturated rings. The van der Waals surface area contributed by atoms with Gasteiger partial charge in [0.25, 0.3) is 0 Å². The quantitative estimate of drug-likeness (QED) is 0.244. The van der Waals surface area contributed by atoms with Crippen LogP contribution in [0.3, 0.4) is 0 Å². The van der Waals surface area contributed by atoms with Crippen LogP contribution in [0.25, 0.3) is 0 Å². The molecule has 0 aromatic carbocycles. The summed E-state index contributed by atoms with van der Waals surface area (Å²) in [6, 6.07) is 0. The normalized spacial score (nSPS) is 14.5. The Morgan fingerprint density at radius 3 is 1.27 bits per heavy atom. The fourth-order valence-corrected chi connectivity index (χ4v) is 1.93. The Kier molecular flexibility index (Phi) is 6.31. The molecule has 0 aliphatic rings. The zero-order valence-electron chi connectivity index (χ0n) is 6.75. The summed E-state index contributed by atoms with van der Waals surface area (Å²) in [7, 11) is -9.22. The minimum atomic E-state index is -6.84. The Hall–Kier alpha value is 1.51. The summed E-state index contributed by atoms with van der Waals surface area (Å²) >= 11 is 0. The summed E-state index contributed by atoms with van der Waals surface area (Å²) < 4.78 is 97.2. The molecule has 0 bridgehead atoms. The summed E-state index contributed by atoms with van der Waals surface area (Å²) in [5.74, 6) is 0. The monoisotopic (exact) mass is 318 g/mol. The first-order valence-corrected chi connectivity index (χ1v) is 6.12. The maximum absolute atomic E-state index is 12.2. The average Bonchev–Trinajstić information content (AvgIpc) is 1.81. The summed E-state index contributed by atoms with van der Waals surface area (Å²) in [5.41, 5.74) is 0. The molecule has 0 radical (unpaired) electrons. The fraction of sp³-hybridized carbons (Fsp3) is 1.00. The van der Waals surface area contributed by atoms with Crippen LogP contribution in [-0.4, -0.2) is 31.9 Å². The van der Waals surface area contributed by atoms with Crippen molar-refractivity contribution < 1.29 is 90.3 Å². The fourth-order valence-electron chi connectivity index (χ4n) is 0.287. The smallest absolute Gasteiger partial charge is 0.743 e. The summed E-state index contributed by atoms with van der Waals surface area (Å²) in [6.45, 7) is 0. The van der Waals surface area contributed by atoms with Gasteiger partial charge in [-0.1, -0.05) is 0 Å². The molecule has 0 saturated carbocycles. The molecule has 5 nitrogen and oxygen atoms in total. The van der Waals surface area contributed by atoms with Gasteiger partial charge in [-0.15, -0.1) is 0 Å². The van der Waals surface area contributed by atoms with E-state index in [0.717, 1.165) is 0 Å². The van der Waals surface area contributed by atoms with Crippen molar-refractivity contribution in [3.8, 4) is 0 Å². The van der Waals surface area contributed by atoms with Crippen molar-refractivity contribution in [2.24, 2.45) is 0 Å². The van der Waals surface area contributed by atoms with Crippen LogP contribution in [0, 0.1) is 0 Å². The van der Waals surface area contributed by atoms with Crippen LogP contribution in [0.15, 0.2) is 0 Å². The van der Waals surface area contributed by atoms with E-state index in [9.17, 15) is 39.0 Å². The Labute approximate surface area is 129 Å². The number of halogens is 5. The summed E-state index contributed by atoms with van der Waals surface area (Å²) in [6.07, 6.45) is 0. The summed E-state index contributed by atoms with van der Waals surface area (Å²) in [5, 5.41) is -12.5. The van der Waals surface area contributed by atoms with Gasteiger partial charge in [-0.2, -0.15) is 17.6 Å². The second kappa shape index (κ2) is 5.02. The third kappa shape index (κ3) is 3.48. The largest absolute Gasteiger partial charge is 1.00 e. The second-order valence-corrected chi connectivity index (χ2v) is 5.95. The van der Waals surface area contributed by atoms with Gasteiger partial charge in [0, 0.05) is 10.7 Å². The van der Waals surface area contributed by atoms with Crippen LogP contribution in [0.5, 0.6) is 0 Å². The standard InChI is InChI=1S/C2HClF4O5S2.K/c3-13(8,9)1(4,5)2(6,7)14(10,11)12;/h(H,10,11,12);/q;+1/p-1. The molecule has 0 aromatic heterocycles. The van der Waals surface area contributed by atoms with E-state index in [-0.39, 0.29) is 51.4 Å². The van der Waals surface area contributed by atoms with Gasteiger partial charge in [-0.25, -0.2) is 16.8 Å². The zero-order chi connectivity index (χ0) is 12.0. The molecule has 0 heterocycles. The van der Waals surface area contributed by atoms with Gasteiger partial charge in [0.15, 0.2) is 10.1 Å². The summed E-state index contributed by atoms with van der Waals surface area (Å²) in [4.78, 5) is 0. The molecule has 15 heavy (non-hydrogen) atoms. The van der Waals surface area contributed by atoms with Gasteiger partial charge in [0.2, 0.25) is 0 Å². The molecular formula is C2ClF4KO5S2. The minimum Gasteiger partial charge on any atom is -0.743 e. The Balaban J connectivity index is 0. The zero-order valence-corrected chi connectivity index (χ0v) is 12.3. The van der Waals surface area contributed by atoms with E-state index in [2.05, 4.69) is 10.7 Å². The van der Waals surface area contributed by atoms with Gasteiger partial charge >= 0.3 is 70.9 Å². The number of hydrogen-bond donors (Lipinski definition) is 0. The molecule has 0 rings (SSSR count). The molecule has 86 valence electrons. The van der Waals surface area contributed by atoms with Gasteiger partial charge in [-0.05, 0) is 0 Å². The van der Waals surface area contributed by atoms with E-state index < -0.39 is 29.7 Å². The van der Waals surface area contributed by atoms with E-state index >= 15 is 0 Å². The molecule has 0 aliphatic heterocycles. The molecule has 0 atom stereocenters. The Morgan fingerprint density at radius 2 is 1.20 bits per heavy atom. The molecule has 0 aromatic rings. The average molecular weight is 319 g/mol. The minimum absolute atomic E-state index is 0. The molecule has 0 spiro atoms. The van der Waals surface area contributed by atoms with Gasteiger partial charge < -0.3 is 4.55 Å². The van der Waals surface area contributed by atoms with E-state index in [1.54, 1.807) is 0 Å². The topological polar surface area (TPSA) is 91.3 Å². The first-order chi connectivity index (χ1) is 5.75. The molecule has 0 amide bonds. The van der Waals surface area contributed by atoms with E-state index in [1.807, 2.05) is 0 Å². The first kappa shape index (κ1) is 18.9. The Bertz CT molecular complexity index is 386. The van der Waals surface area contributed by atoms with Crippen molar-refractivity contribution in [1.29, 1.82) is 0 Å². The van der Waals surface area contributed by atoms with Gasteiger partial charge in [-0.3, -0.25) is 0 Å². The van der Waals surface area contributed by atoms with Crippen LogP contribution in [0.4, 0.5) is 17.6 Å². The predicted molar refractivity (Wildman–Crippen MR) is 34.4 cm³/mol. The second-order valence-electron chi connectivity index (χ2n) is 1.93. The molecule has 0 aliphatic carbocycles. The van der Waals surface area contributed by atoms with Crippen molar-refractivity contribution in [3.63, 3.8) is 0 Å². The third-order valence-corrected chi connectivity index (χ3v) is 3.42. The molecule has 0 N–H and O–H groups in total. The maximum atomic E-state index is 12.2. The Morgan fingerprint density at radius 1 is 0.933 bits per heavy atom. The van der Waals surface area contributed by atoms with Crippen LogP contribution in [0.2, 0.25) is 0 Å². The van der Waals surface area contributed by atoms with Gasteiger partial charge in [0.1, 0.15) is 0 Å². The van der Waals surface area contributed by atoms with Crippen molar-refractivity contribution in [2.75, 3.05) is 0 Å². The van der Waals surface area contributed by atoms with Crippen LogP contribution in [-0.2, 0) is 19.2 Å². The number of alkyl halides is 4. The van der Waals surface area contributed by atoms with Crippen LogP contribution in [0.1, 0.15) is 0 Å². The van der Waals surface area contributed by atoms with E-state index in [4.69, 9.17) is 0 Å². The number of hydrogen-bond acceptors (Lipinski definition) is 5. The maximum Gasteiger partial charge on any atom is 1.00 e. The van der Waals surface area contributed by atoms with Crippen LogP contribution < -0.4 is 51.4 Å². The van der Waals surface area contributed by atoms with E-state index in [1.165, 1.54) is 0 Å². The molecule has 0 unspecified atom stereocenters. The predicted octanol–water partition coefficient (Wildman–Crippen LogP) is -2.71. The first-order valence-electron chi connectivity index (χ1n) is 2.40. The SMILES string of the molecule is O=S(=O)([O-])C(F)(F)C(F)(F)S(=O)(=O)Cl.[K+]. The molecule has 0 saturated heterocycles. The third-order valence-electron chi connectivity index (χ3n) is 0.959. The van der Waals surface area contributed by atoms with Gasteiger partial charge in [0.05, 0.1) is 0 Å².